The van der Waals surface area contributed by atoms with E-state index in [0.29, 0.717) is 22.8 Å². The molecule has 1 atom stereocenters. The highest BCUT2D eigenvalue weighted by atomic mass is 16.5. The number of ether oxygens (including phenoxy) is 3. The van der Waals surface area contributed by atoms with E-state index in [1.165, 1.54) is 32.4 Å². The molecule has 0 aliphatic carbocycles. The van der Waals surface area contributed by atoms with E-state index in [4.69, 9.17) is 14.2 Å². The summed E-state index contributed by atoms with van der Waals surface area (Å²) in [5, 5.41) is 25.5. The third-order valence-electron chi connectivity index (χ3n) is 4.80. The van der Waals surface area contributed by atoms with Gasteiger partial charge in [-0.25, -0.2) is 0 Å². The average Bonchev–Trinajstić information content (AvgIpc) is 2.86. The second-order valence-corrected chi connectivity index (χ2v) is 7.28. The average molecular weight is 466 g/mol. The molecule has 0 unspecified atom stereocenters. The molecular formula is C25H26N2O7. The molecule has 4 N–H and O–H groups in total. The van der Waals surface area contributed by atoms with Gasteiger partial charge in [-0.1, -0.05) is 18.2 Å². The summed E-state index contributed by atoms with van der Waals surface area (Å²) in [6, 6.07) is 17.8. The maximum absolute atomic E-state index is 12.6. The van der Waals surface area contributed by atoms with Gasteiger partial charge in [0.2, 0.25) is 0 Å². The van der Waals surface area contributed by atoms with E-state index >= 15 is 0 Å². The normalized spacial score (nSPS) is 11.3. The van der Waals surface area contributed by atoms with Crippen molar-refractivity contribution in [2.45, 2.75) is 6.10 Å². The van der Waals surface area contributed by atoms with Gasteiger partial charge in [0.05, 0.1) is 19.8 Å². The van der Waals surface area contributed by atoms with Crippen LogP contribution in [0.3, 0.4) is 0 Å². The zero-order chi connectivity index (χ0) is 24.5. The fourth-order valence-electron chi connectivity index (χ4n) is 3.02. The molecule has 34 heavy (non-hydrogen) atoms. The Morgan fingerprint density at radius 3 is 2.18 bits per heavy atom. The van der Waals surface area contributed by atoms with Crippen molar-refractivity contribution in [2.24, 2.45) is 0 Å². The number of carbonyl (C=O) groups is 2. The van der Waals surface area contributed by atoms with Crippen molar-refractivity contribution >= 4 is 17.5 Å². The standard InChI is InChI=1S/C25H26N2O7/c1-32-20-10-16(11-21(13-20)33-2)24(30)27-17-8-9-22(23(29)12-17)25(31)26-14-18(28)15-34-19-6-4-3-5-7-19/h3-13,18,28-29H,14-15H2,1-2H3,(H,26,31)(H,27,30)/t18-/m0/s1. The van der Waals surface area contributed by atoms with Crippen LogP contribution in [0.25, 0.3) is 0 Å². The molecule has 3 aromatic carbocycles. The summed E-state index contributed by atoms with van der Waals surface area (Å²) in [6.45, 7) is -0.0719. The molecule has 0 aromatic heterocycles. The highest BCUT2D eigenvalue weighted by Crippen LogP contribution is 2.25. The predicted molar refractivity (Wildman–Crippen MR) is 126 cm³/mol. The van der Waals surface area contributed by atoms with Gasteiger partial charge in [0.25, 0.3) is 11.8 Å². The van der Waals surface area contributed by atoms with Gasteiger partial charge in [0.15, 0.2) is 0 Å². The summed E-state index contributed by atoms with van der Waals surface area (Å²) in [7, 11) is 2.96. The van der Waals surface area contributed by atoms with Crippen molar-refractivity contribution in [3.63, 3.8) is 0 Å². The van der Waals surface area contributed by atoms with E-state index < -0.39 is 17.9 Å². The molecule has 0 heterocycles. The molecule has 0 saturated carbocycles. The van der Waals surface area contributed by atoms with Crippen LogP contribution in [0, 0.1) is 0 Å². The van der Waals surface area contributed by atoms with Crippen LogP contribution in [0.5, 0.6) is 23.0 Å². The monoisotopic (exact) mass is 466 g/mol. The summed E-state index contributed by atoms with van der Waals surface area (Å²) in [6.07, 6.45) is -0.940. The zero-order valence-electron chi connectivity index (χ0n) is 18.8. The predicted octanol–water partition coefficient (Wildman–Crippen LogP) is 2.83. The quantitative estimate of drug-likeness (QED) is 0.362. The second kappa shape index (κ2) is 11.6. The minimum atomic E-state index is -0.940. The maximum Gasteiger partial charge on any atom is 0.255 e. The fourth-order valence-corrected chi connectivity index (χ4v) is 3.02. The molecule has 3 rings (SSSR count). The number of amides is 2. The van der Waals surface area contributed by atoms with Crippen molar-refractivity contribution in [2.75, 3.05) is 32.7 Å². The van der Waals surface area contributed by atoms with Gasteiger partial charge in [-0.05, 0) is 36.4 Å². The molecule has 9 nitrogen and oxygen atoms in total. The number of phenols is 1. The Labute approximate surface area is 196 Å². The molecule has 0 aliphatic rings. The Morgan fingerprint density at radius 1 is 0.882 bits per heavy atom. The Morgan fingerprint density at radius 2 is 1.56 bits per heavy atom. The summed E-state index contributed by atoms with van der Waals surface area (Å²) < 4.78 is 15.8. The summed E-state index contributed by atoms with van der Waals surface area (Å²) >= 11 is 0. The van der Waals surface area contributed by atoms with Gasteiger partial charge in [-0.2, -0.15) is 0 Å². The van der Waals surface area contributed by atoms with Crippen molar-refractivity contribution in [1.29, 1.82) is 0 Å². The van der Waals surface area contributed by atoms with Crippen LogP contribution >= 0.6 is 0 Å². The van der Waals surface area contributed by atoms with E-state index in [2.05, 4.69) is 10.6 Å². The van der Waals surface area contributed by atoms with Crippen molar-refractivity contribution in [3.05, 3.63) is 77.9 Å². The number of aliphatic hydroxyl groups is 1. The number of anilines is 1. The first-order valence-electron chi connectivity index (χ1n) is 10.4. The lowest BCUT2D eigenvalue weighted by Crippen LogP contribution is -2.35. The molecule has 0 spiro atoms. The number of hydrogen-bond acceptors (Lipinski definition) is 7. The molecule has 9 heteroatoms. The molecule has 0 saturated heterocycles. The Hall–Kier alpha value is -4.24. The summed E-state index contributed by atoms with van der Waals surface area (Å²) in [5.74, 6) is 0.164. The number of phenolic OH excluding ortho intramolecular Hbond substituents is 1. The van der Waals surface area contributed by atoms with E-state index in [-0.39, 0.29) is 30.2 Å². The number of para-hydroxylation sites is 1. The van der Waals surface area contributed by atoms with Crippen LogP contribution in [0.1, 0.15) is 20.7 Å². The van der Waals surface area contributed by atoms with E-state index in [1.807, 2.05) is 18.2 Å². The number of carbonyl (C=O) groups excluding carboxylic acids is 2. The molecule has 178 valence electrons. The Balaban J connectivity index is 1.56. The number of hydrogen-bond donors (Lipinski definition) is 4. The van der Waals surface area contributed by atoms with Crippen molar-refractivity contribution in [3.8, 4) is 23.0 Å². The van der Waals surface area contributed by atoms with E-state index in [0.717, 1.165) is 0 Å². The van der Waals surface area contributed by atoms with E-state index in [9.17, 15) is 19.8 Å². The van der Waals surface area contributed by atoms with Gasteiger partial charge in [-0.15, -0.1) is 0 Å². The lowest BCUT2D eigenvalue weighted by atomic mass is 10.1. The molecule has 2 amide bonds. The third-order valence-corrected chi connectivity index (χ3v) is 4.80. The maximum atomic E-state index is 12.6. The number of aromatic hydroxyl groups is 1. The second-order valence-electron chi connectivity index (χ2n) is 7.28. The number of nitrogens with one attached hydrogen (secondary N) is 2. The fraction of sp³-hybridized carbons (Fsp3) is 0.200. The van der Waals surface area contributed by atoms with Gasteiger partial charge < -0.3 is 35.1 Å². The van der Waals surface area contributed by atoms with Gasteiger partial charge in [-0.3, -0.25) is 9.59 Å². The zero-order valence-corrected chi connectivity index (χ0v) is 18.8. The van der Waals surface area contributed by atoms with Crippen molar-refractivity contribution in [1.82, 2.24) is 5.32 Å². The summed E-state index contributed by atoms with van der Waals surface area (Å²) in [4.78, 5) is 25.0. The highest BCUT2D eigenvalue weighted by molar-refractivity contribution is 6.05. The first-order valence-corrected chi connectivity index (χ1v) is 10.4. The van der Waals surface area contributed by atoms with Gasteiger partial charge >= 0.3 is 0 Å². The summed E-state index contributed by atoms with van der Waals surface area (Å²) in [5.41, 5.74) is 0.582. The molecule has 0 fully saturated rings. The Bertz CT molecular complexity index is 1110. The first-order chi connectivity index (χ1) is 16.4. The smallest absolute Gasteiger partial charge is 0.255 e. The highest BCUT2D eigenvalue weighted by Gasteiger charge is 2.16. The topological polar surface area (TPSA) is 126 Å². The minimum absolute atomic E-state index is 0.00257. The third kappa shape index (κ3) is 6.63. The first kappa shape index (κ1) is 24.4. The number of aliphatic hydroxyl groups excluding tert-OH is 1. The molecule has 0 radical (unpaired) electrons. The van der Waals surface area contributed by atoms with Crippen LogP contribution in [-0.4, -0.2) is 55.5 Å². The number of benzene rings is 3. The van der Waals surface area contributed by atoms with Crippen molar-refractivity contribution < 1.29 is 34.0 Å². The van der Waals surface area contributed by atoms with Crippen LogP contribution in [0.2, 0.25) is 0 Å². The molecule has 0 aliphatic heterocycles. The SMILES string of the molecule is COc1cc(OC)cc(C(=O)Nc2ccc(C(=O)NC[C@H](O)COc3ccccc3)c(O)c2)c1. The molecule has 3 aromatic rings. The largest absolute Gasteiger partial charge is 0.507 e. The number of rotatable bonds is 10. The van der Waals surface area contributed by atoms with Crippen LogP contribution in [0.4, 0.5) is 5.69 Å². The molecule has 0 bridgehead atoms. The van der Waals surface area contributed by atoms with Gasteiger partial charge in [0, 0.05) is 29.9 Å². The lowest BCUT2D eigenvalue weighted by molar-refractivity contribution is 0.0841. The van der Waals surface area contributed by atoms with Gasteiger partial charge in [0.1, 0.15) is 35.7 Å². The minimum Gasteiger partial charge on any atom is -0.507 e. The lowest BCUT2D eigenvalue weighted by Gasteiger charge is -2.14. The van der Waals surface area contributed by atoms with Crippen LogP contribution < -0.4 is 24.8 Å². The number of methoxy groups -OCH3 is 2. The molecular weight excluding hydrogens is 440 g/mol. The van der Waals surface area contributed by atoms with Crippen LogP contribution in [-0.2, 0) is 0 Å². The van der Waals surface area contributed by atoms with E-state index in [1.54, 1.807) is 30.3 Å². The van der Waals surface area contributed by atoms with Crippen LogP contribution in [0.15, 0.2) is 66.7 Å². The Kier molecular flexibility index (Phi) is 8.31.